The Morgan fingerprint density at radius 2 is 2.50 bits per heavy atom. The maximum absolute atomic E-state index is 10.5. The minimum absolute atomic E-state index is 0.713. The largest absolute Gasteiger partial charge is 0.341 e. The third-order valence-electron chi connectivity index (χ3n) is 1.88. The first-order valence-corrected chi connectivity index (χ1v) is 4.05. The summed E-state index contributed by atoms with van der Waals surface area (Å²) in [6.07, 6.45) is 3.71. The van der Waals surface area contributed by atoms with Gasteiger partial charge in [0.2, 0.25) is 0 Å². The van der Waals surface area contributed by atoms with E-state index in [1.165, 1.54) is 0 Å². The molecule has 0 N–H and O–H groups in total. The summed E-state index contributed by atoms with van der Waals surface area (Å²) in [5.41, 5.74) is 1.85. The lowest BCUT2D eigenvalue weighted by Gasteiger charge is -2.05. The number of allylic oxidation sites excluding steroid dienone is 1. The summed E-state index contributed by atoms with van der Waals surface area (Å²) < 4.78 is 1.90. The zero-order valence-corrected chi connectivity index (χ0v) is 7.29. The lowest BCUT2D eigenvalue weighted by molar-refractivity contribution is 0.111. The maximum Gasteiger partial charge on any atom is 0.166 e. The zero-order valence-electron chi connectivity index (χ0n) is 7.29. The van der Waals surface area contributed by atoms with Gasteiger partial charge in [-0.3, -0.25) is 4.79 Å². The number of carbonyl (C=O) groups is 1. The van der Waals surface area contributed by atoms with Crippen LogP contribution in [0.2, 0.25) is 0 Å². The number of nitrogens with zero attached hydrogens (tertiary/aromatic N) is 1. The topological polar surface area (TPSA) is 22.0 Å². The van der Waals surface area contributed by atoms with Gasteiger partial charge >= 0.3 is 0 Å². The predicted octanol–water partition coefficient (Wildman–Crippen LogP) is 2.27. The Bertz CT molecular complexity index is 286. The van der Waals surface area contributed by atoms with Crippen LogP contribution in [0.15, 0.2) is 30.5 Å². The van der Waals surface area contributed by atoms with Crippen LogP contribution in [-0.4, -0.2) is 10.9 Å². The van der Waals surface area contributed by atoms with Crippen LogP contribution in [0.25, 0.3) is 0 Å². The SMILES string of the molecule is C=C(CC)Cn1cccc1C=O. The maximum atomic E-state index is 10.5. The lowest BCUT2D eigenvalue weighted by atomic mass is 10.2. The van der Waals surface area contributed by atoms with Gasteiger partial charge in [-0.05, 0) is 18.6 Å². The van der Waals surface area contributed by atoms with E-state index < -0.39 is 0 Å². The van der Waals surface area contributed by atoms with E-state index in [9.17, 15) is 4.79 Å². The molecule has 1 aromatic heterocycles. The van der Waals surface area contributed by atoms with Crippen LogP contribution in [0.3, 0.4) is 0 Å². The first kappa shape index (κ1) is 8.78. The first-order chi connectivity index (χ1) is 5.77. The molecule has 0 aromatic carbocycles. The van der Waals surface area contributed by atoms with Crippen molar-refractivity contribution in [1.82, 2.24) is 4.57 Å². The van der Waals surface area contributed by atoms with Gasteiger partial charge in [-0.15, -0.1) is 0 Å². The monoisotopic (exact) mass is 163 g/mol. The standard InChI is InChI=1S/C10H13NO/c1-3-9(2)7-11-6-4-5-10(11)8-12/h4-6,8H,2-3,7H2,1H3. The van der Waals surface area contributed by atoms with E-state index in [0.29, 0.717) is 5.69 Å². The van der Waals surface area contributed by atoms with Gasteiger partial charge in [-0.2, -0.15) is 0 Å². The average Bonchev–Trinajstić information content (AvgIpc) is 2.51. The highest BCUT2D eigenvalue weighted by Crippen LogP contribution is 2.05. The Kier molecular flexibility index (Phi) is 2.86. The minimum atomic E-state index is 0.713. The second kappa shape index (κ2) is 3.90. The van der Waals surface area contributed by atoms with Gasteiger partial charge in [0.05, 0.1) is 5.69 Å². The van der Waals surface area contributed by atoms with Crippen molar-refractivity contribution in [1.29, 1.82) is 0 Å². The molecule has 1 heterocycles. The third kappa shape index (κ3) is 1.84. The zero-order chi connectivity index (χ0) is 8.97. The van der Waals surface area contributed by atoms with Gasteiger partial charge < -0.3 is 4.57 Å². The Balaban J connectivity index is 2.74. The molecule has 1 aromatic rings. The smallest absolute Gasteiger partial charge is 0.166 e. The number of aldehydes is 1. The van der Waals surface area contributed by atoms with E-state index >= 15 is 0 Å². The van der Waals surface area contributed by atoms with Crippen molar-refractivity contribution in [2.24, 2.45) is 0 Å². The molecule has 0 aliphatic carbocycles. The molecular formula is C10H13NO. The highest BCUT2D eigenvalue weighted by molar-refractivity contribution is 5.72. The highest BCUT2D eigenvalue weighted by atomic mass is 16.1. The molecule has 0 saturated carbocycles. The molecule has 1 rings (SSSR count). The Morgan fingerprint density at radius 1 is 1.75 bits per heavy atom. The summed E-state index contributed by atoms with van der Waals surface area (Å²) in [4.78, 5) is 10.5. The van der Waals surface area contributed by atoms with Crippen molar-refractivity contribution in [3.8, 4) is 0 Å². The summed E-state index contributed by atoms with van der Waals surface area (Å²) in [6.45, 7) is 6.70. The molecule has 12 heavy (non-hydrogen) atoms. The number of carbonyl (C=O) groups excluding carboxylic acids is 1. The van der Waals surface area contributed by atoms with E-state index in [1.54, 1.807) is 6.07 Å². The van der Waals surface area contributed by atoms with Gasteiger partial charge in [-0.1, -0.05) is 19.1 Å². The fourth-order valence-electron chi connectivity index (χ4n) is 1.03. The van der Waals surface area contributed by atoms with Crippen molar-refractivity contribution >= 4 is 6.29 Å². The molecule has 0 saturated heterocycles. The molecule has 0 radical (unpaired) electrons. The van der Waals surface area contributed by atoms with Crippen molar-refractivity contribution in [3.05, 3.63) is 36.2 Å². The number of rotatable bonds is 4. The van der Waals surface area contributed by atoms with Gasteiger partial charge in [0.25, 0.3) is 0 Å². The van der Waals surface area contributed by atoms with Crippen LogP contribution in [0.1, 0.15) is 23.8 Å². The van der Waals surface area contributed by atoms with E-state index in [2.05, 4.69) is 13.5 Å². The van der Waals surface area contributed by atoms with Crippen molar-refractivity contribution in [2.45, 2.75) is 19.9 Å². The Morgan fingerprint density at radius 3 is 3.08 bits per heavy atom. The average molecular weight is 163 g/mol. The van der Waals surface area contributed by atoms with Crippen LogP contribution < -0.4 is 0 Å². The minimum Gasteiger partial charge on any atom is -0.341 e. The lowest BCUT2D eigenvalue weighted by Crippen LogP contribution is -2.02. The van der Waals surface area contributed by atoms with Crippen LogP contribution in [-0.2, 0) is 6.54 Å². The highest BCUT2D eigenvalue weighted by Gasteiger charge is 1.98. The molecule has 0 amide bonds. The van der Waals surface area contributed by atoms with Crippen LogP contribution in [0.5, 0.6) is 0 Å². The second-order valence-corrected chi connectivity index (χ2v) is 2.78. The third-order valence-corrected chi connectivity index (χ3v) is 1.88. The molecule has 0 aliphatic rings. The number of hydrogen-bond donors (Lipinski definition) is 0. The fraction of sp³-hybridized carbons (Fsp3) is 0.300. The van der Waals surface area contributed by atoms with E-state index in [1.807, 2.05) is 16.8 Å². The summed E-state index contributed by atoms with van der Waals surface area (Å²) in [5, 5.41) is 0. The van der Waals surface area contributed by atoms with Gasteiger partial charge in [-0.25, -0.2) is 0 Å². The van der Waals surface area contributed by atoms with Gasteiger partial charge in [0.15, 0.2) is 6.29 Å². The molecular weight excluding hydrogens is 150 g/mol. The Labute approximate surface area is 72.5 Å². The van der Waals surface area contributed by atoms with E-state index in [4.69, 9.17) is 0 Å². The molecule has 0 spiro atoms. The van der Waals surface area contributed by atoms with Gasteiger partial charge in [0, 0.05) is 12.7 Å². The fourth-order valence-corrected chi connectivity index (χ4v) is 1.03. The summed E-state index contributed by atoms with van der Waals surface area (Å²) >= 11 is 0. The van der Waals surface area contributed by atoms with Crippen LogP contribution in [0, 0.1) is 0 Å². The summed E-state index contributed by atoms with van der Waals surface area (Å²) in [7, 11) is 0. The van der Waals surface area contributed by atoms with Crippen molar-refractivity contribution in [2.75, 3.05) is 0 Å². The van der Waals surface area contributed by atoms with Crippen molar-refractivity contribution < 1.29 is 4.79 Å². The second-order valence-electron chi connectivity index (χ2n) is 2.78. The Hall–Kier alpha value is -1.31. The molecule has 0 fully saturated rings. The number of aromatic nitrogens is 1. The molecule has 0 aliphatic heterocycles. The number of hydrogen-bond acceptors (Lipinski definition) is 1. The molecule has 0 atom stereocenters. The van der Waals surface area contributed by atoms with Crippen LogP contribution >= 0.6 is 0 Å². The van der Waals surface area contributed by atoms with Gasteiger partial charge in [0.1, 0.15) is 0 Å². The molecule has 2 nitrogen and oxygen atoms in total. The van der Waals surface area contributed by atoms with Crippen LogP contribution in [0.4, 0.5) is 0 Å². The first-order valence-electron chi connectivity index (χ1n) is 4.05. The van der Waals surface area contributed by atoms with E-state index in [-0.39, 0.29) is 0 Å². The van der Waals surface area contributed by atoms with E-state index in [0.717, 1.165) is 24.8 Å². The normalized spacial score (nSPS) is 9.75. The molecule has 64 valence electrons. The predicted molar refractivity (Wildman–Crippen MR) is 49.3 cm³/mol. The molecule has 2 heteroatoms. The van der Waals surface area contributed by atoms with Crippen molar-refractivity contribution in [3.63, 3.8) is 0 Å². The summed E-state index contributed by atoms with van der Waals surface area (Å²) in [6, 6.07) is 3.67. The molecule has 0 unspecified atom stereocenters. The molecule has 0 bridgehead atoms. The quantitative estimate of drug-likeness (QED) is 0.493. The summed E-state index contributed by atoms with van der Waals surface area (Å²) in [5.74, 6) is 0.